The molecule has 0 fully saturated rings. The van der Waals surface area contributed by atoms with E-state index in [2.05, 4.69) is 19.3 Å². The number of benzene rings is 3. The molecule has 4 rings (SSSR count). The van der Waals surface area contributed by atoms with Crippen LogP contribution in [0.4, 0.5) is 5.69 Å². The van der Waals surface area contributed by atoms with Gasteiger partial charge >= 0.3 is 0 Å². The summed E-state index contributed by atoms with van der Waals surface area (Å²) in [6.45, 7) is 5.11. The fourth-order valence-electron chi connectivity index (χ4n) is 4.48. The van der Waals surface area contributed by atoms with Crippen molar-refractivity contribution in [2.45, 2.75) is 42.5 Å². The molecule has 0 bridgehead atoms. The van der Waals surface area contributed by atoms with Crippen LogP contribution in [-0.2, 0) is 17.3 Å². The lowest BCUT2D eigenvalue weighted by Crippen LogP contribution is -3.09. The van der Waals surface area contributed by atoms with E-state index in [0.717, 1.165) is 25.1 Å². The average molecular weight is 539 g/mol. The molecule has 1 heterocycles. The average Bonchev–Trinajstić information content (AvgIpc) is 2.99. The maximum absolute atomic E-state index is 13.7. The minimum Gasteiger partial charge on any atom is -0.352 e. The molecule has 3 aromatic carbocycles. The topological polar surface area (TPSA) is 70.9 Å². The van der Waals surface area contributed by atoms with Crippen LogP contribution in [0.3, 0.4) is 0 Å². The predicted octanol–water partition coefficient (Wildman–Crippen LogP) is 4.10. The van der Waals surface area contributed by atoms with Crippen molar-refractivity contribution in [3.8, 4) is 0 Å². The van der Waals surface area contributed by atoms with Gasteiger partial charge in [-0.15, -0.1) is 0 Å². The molecule has 2 unspecified atom stereocenters. The number of anilines is 1. The molecule has 3 aromatic rings. The summed E-state index contributed by atoms with van der Waals surface area (Å²) in [4.78, 5) is 30.7. The van der Waals surface area contributed by atoms with Crippen molar-refractivity contribution < 1.29 is 18.7 Å². The molecule has 8 heteroatoms. The largest absolute Gasteiger partial charge is 0.352 e. The van der Waals surface area contributed by atoms with Gasteiger partial charge in [0.25, 0.3) is 11.8 Å². The molecule has 2 N–H and O–H groups in total. The zero-order valence-corrected chi connectivity index (χ0v) is 22.8. The minimum atomic E-state index is -1.57. The summed E-state index contributed by atoms with van der Waals surface area (Å²) in [5.74, 6) is -0.477. The fourth-order valence-corrected chi connectivity index (χ4v) is 6.03. The summed E-state index contributed by atoms with van der Waals surface area (Å²) >= 11 is 6.20. The highest BCUT2D eigenvalue weighted by molar-refractivity contribution is 7.85. The third-order valence-corrected chi connectivity index (χ3v) is 8.26. The van der Waals surface area contributed by atoms with Crippen LogP contribution in [0.25, 0.3) is 0 Å². The van der Waals surface area contributed by atoms with Gasteiger partial charge in [-0.2, -0.15) is 0 Å². The van der Waals surface area contributed by atoms with Crippen LogP contribution in [-0.4, -0.2) is 42.7 Å². The van der Waals surface area contributed by atoms with Crippen molar-refractivity contribution in [2.75, 3.05) is 31.6 Å². The van der Waals surface area contributed by atoms with Crippen LogP contribution in [0.15, 0.2) is 76.5 Å². The Hall–Kier alpha value is -3.00. The number of carbonyl (C=O) groups excluding carboxylic acids is 2. The quantitative estimate of drug-likeness (QED) is 0.382. The first kappa shape index (κ1) is 27.0. The van der Waals surface area contributed by atoms with E-state index in [-0.39, 0.29) is 18.4 Å². The normalized spacial score (nSPS) is 15.5. The second kappa shape index (κ2) is 12.5. The van der Waals surface area contributed by atoms with Crippen molar-refractivity contribution in [3.63, 3.8) is 0 Å². The van der Waals surface area contributed by atoms with E-state index in [1.807, 2.05) is 12.1 Å². The van der Waals surface area contributed by atoms with Gasteiger partial charge in [0.05, 0.1) is 58.5 Å². The maximum atomic E-state index is 13.7. The first-order valence-corrected chi connectivity index (χ1v) is 14.2. The third kappa shape index (κ3) is 6.47. The van der Waals surface area contributed by atoms with E-state index in [0.29, 0.717) is 38.2 Å². The number of nitrogens with zero attached hydrogens (tertiary/aromatic N) is 1. The number of halogens is 1. The summed E-state index contributed by atoms with van der Waals surface area (Å²) in [7, 11) is 0.603. The Bertz CT molecular complexity index is 1310. The predicted molar refractivity (Wildman–Crippen MR) is 148 cm³/mol. The SMILES string of the molecule is CCCC[NH+](C)CCCNC(=O)c1ccc2c(c1)N(Cc1cccc(Cl)c1)C(=O)c1ccccc1S2=O. The maximum Gasteiger partial charge on any atom is 0.259 e. The molecule has 0 spiro atoms. The summed E-state index contributed by atoms with van der Waals surface area (Å²) < 4.78 is 13.6. The van der Waals surface area contributed by atoms with Crippen molar-refractivity contribution in [3.05, 3.63) is 88.4 Å². The van der Waals surface area contributed by atoms with E-state index in [4.69, 9.17) is 11.6 Å². The number of fused-ring (bicyclic) bond motifs is 2. The Morgan fingerprint density at radius 3 is 2.57 bits per heavy atom. The molecule has 0 aliphatic carbocycles. The van der Waals surface area contributed by atoms with Crippen LogP contribution in [0, 0.1) is 0 Å². The zero-order chi connectivity index (χ0) is 26.4. The first-order chi connectivity index (χ1) is 17.9. The summed E-state index contributed by atoms with van der Waals surface area (Å²) in [6.07, 6.45) is 3.26. The second-order valence-electron chi connectivity index (χ2n) is 9.39. The van der Waals surface area contributed by atoms with Gasteiger partial charge < -0.3 is 15.1 Å². The van der Waals surface area contributed by atoms with Crippen molar-refractivity contribution in [1.29, 1.82) is 0 Å². The van der Waals surface area contributed by atoms with Gasteiger partial charge in [0, 0.05) is 23.6 Å². The lowest BCUT2D eigenvalue weighted by atomic mass is 10.1. The van der Waals surface area contributed by atoms with Gasteiger partial charge in [0.15, 0.2) is 0 Å². The number of rotatable bonds is 10. The van der Waals surface area contributed by atoms with Crippen LogP contribution in [0.5, 0.6) is 0 Å². The smallest absolute Gasteiger partial charge is 0.259 e. The molecule has 0 saturated heterocycles. The standard InChI is InChI=1S/C29H32ClN3O3S/c1-3-4-16-32(2)17-8-15-31-28(34)22-13-14-27-25(19-22)33(20-21-9-7-10-23(30)18-21)29(35)24-11-5-6-12-26(24)37(27)36/h5-7,9-14,18-19H,3-4,8,15-17,20H2,1-2H3,(H,31,34)/p+1. The number of carbonyl (C=O) groups is 2. The lowest BCUT2D eigenvalue weighted by Gasteiger charge is -2.24. The monoisotopic (exact) mass is 538 g/mol. The van der Waals surface area contributed by atoms with Crippen LogP contribution < -0.4 is 15.1 Å². The Labute approximate surface area is 226 Å². The minimum absolute atomic E-state index is 0.211. The number of hydrogen-bond donors (Lipinski definition) is 2. The Balaban J connectivity index is 1.60. The van der Waals surface area contributed by atoms with Gasteiger partial charge in [0.1, 0.15) is 0 Å². The Morgan fingerprint density at radius 2 is 1.78 bits per heavy atom. The fraction of sp³-hybridized carbons (Fsp3) is 0.310. The van der Waals surface area contributed by atoms with Gasteiger partial charge in [-0.1, -0.05) is 49.2 Å². The molecule has 2 amide bonds. The van der Waals surface area contributed by atoms with Crippen molar-refractivity contribution in [1.82, 2.24) is 5.32 Å². The molecule has 194 valence electrons. The van der Waals surface area contributed by atoms with E-state index in [1.165, 1.54) is 17.7 Å². The van der Waals surface area contributed by atoms with Gasteiger partial charge in [0.2, 0.25) is 0 Å². The van der Waals surface area contributed by atoms with Crippen molar-refractivity contribution in [2.24, 2.45) is 0 Å². The highest BCUT2D eigenvalue weighted by Crippen LogP contribution is 2.36. The summed E-state index contributed by atoms with van der Waals surface area (Å²) in [5.41, 5.74) is 2.12. The molecular weight excluding hydrogens is 506 g/mol. The van der Waals surface area contributed by atoms with E-state index < -0.39 is 10.8 Å². The van der Waals surface area contributed by atoms with E-state index in [9.17, 15) is 13.8 Å². The number of amides is 2. The van der Waals surface area contributed by atoms with Crippen LogP contribution >= 0.6 is 11.6 Å². The van der Waals surface area contributed by atoms with Gasteiger partial charge in [-0.25, -0.2) is 4.21 Å². The molecule has 2 atom stereocenters. The van der Waals surface area contributed by atoms with Crippen LogP contribution in [0.2, 0.25) is 5.02 Å². The second-order valence-corrected chi connectivity index (χ2v) is 11.2. The molecule has 1 aliphatic rings. The Kier molecular flexibility index (Phi) is 9.14. The number of hydrogen-bond acceptors (Lipinski definition) is 3. The molecule has 6 nitrogen and oxygen atoms in total. The summed E-state index contributed by atoms with van der Waals surface area (Å²) in [5, 5.41) is 3.56. The Morgan fingerprint density at radius 1 is 1.00 bits per heavy atom. The number of unbranched alkanes of at least 4 members (excludes halogenated alkanes) is 1. The van der Waals surface area contributed by atoms with Gasteiger partial charge in [-0.05, 0) is 54.4 Å². The van der Waals surface area contributed by atoms with E-state index >= 15 is 0 Å². The van der Waals surface area contributed by atoms with Crippen molar-refractivity contribution >= 4 is 39.9 Å². The lowest BCUT2D eigenvalue weighted by molar-refractivity contribution is -0.879. The number of quaternary nitrogens is 1. The van der Waals surface area contributed by atoms with Crippen LogP contribution in [0.1, 0.15) is 52.5 Å². The first-order valence-electron chi connectivity index (χ1n) is 12.7. The highest BCUT2D eigenvalue weighted by Gasteiger charge is 2.31. The molecule has 37 heavy (non-hydrogen) atoms. The molecule has 1 aliphatic heterocycles. The summed E-state index contributed by atoms with van der Waals surface area (Å²) in [6, 6.07) is 19.3. The molecule has 0 aromatic heterocycles. The number of nitrogens with one attached hydrogen (secondary N) is 2. The zero-order valence-electron chi connectivity index (χ0n) is 21.3. The molecular formula is C29H33ClN3O3S+. The molecule has 0 radical (unpaired) electrons. The third-order valence-electron chi connectivity index (χ3n) is 6.53. The highest BCUT2D eigenvalue weighted by atomic mass is 35.5. The van der Waals surface area contributed by atoms with Gasteiger partial charge in [-0.3, -0.25) is 9.59 Å². The van der Waals surface area contributed by atoms with E-state index in [1.54, 1.807) is 59.5 Å². The molecule has 0 saturated carbocycles.